The summed E-state index contributed by atoms with van der Waals surface area (Å²) in [6, 6.07) is 3.85. The molecule has 0 spiro atoms. The van der Waals surface area contributed by atoms with Crippen molar-refractivity contribution < 1.29 is 4.42 Å². The number of thioether (sulfide) groups is 1. The van der Waals surface area contributed by atoms with E-state index in [1.54, 1.807) is 18.0 Å². The maximum absolute atomic E-state index is 5.98. The van der Waals surface area contributed by atoms with Crippen molar-refractivity contribution in [3.8, 4) is 0 Å². The van der Waals surface area contributed by atoms with Crippen molar-refractivity contribution in [2.75, 3.05) is 5.73 Å². The van der Waals surface area contributed by atoms with Crippen molar-refractivity contribution in [1.82, 2.24) is 9.78 Å². The highest BCUT2D eigenvalue weighted by atomic mass is 32.2. The molecule has 86 valence electrons. The molecule has 0 saturated carbocycles. The standard InChI is InChI=1S/C11H15N3OS/c1-3-14-11(10(12)8(2)13-14)16-7-9-5-4-6-15-9/h4-6H,3,7,12H2,1-2H3. The highest BCUT2D eigenvalue weighted by Gasteiger charge is 2.12. The van der Waals surface area contributed by atoms with E-state index in [0.717, 1.165) is 34.5 Å². The monoisotopic (exact) mass is 237 g/mol. The summed E-state index contributed by atoms with van der Waals surface area (Å²) in [5.74, 6) is 1.73. The van der Waals surface area contributed by atoms with Crippen LogP contribution in [0.25, 0.3) is 0 Å². The lowest BCUT2D eigenvalue weighted by Gasteiger charge is -2.03. The first-order valence-corrected chi connectivity index (χ1v) is 6.19. The Morgan fingerprint density at radius 3 is 3.00 bits per heavy atom. The number of rotatable bonds is 4. The van der Waals surface area contributed by atoms with Crippen LogP contribution in [0.4, 0.5) is 5.69 Å². The van der Waals surface area contributed by atoms with Crippen molar-refractivity contribution >= 4 is 17.4 Å². The molecule has 0 radical (unpaired) electrons. The molecule has 0 atom stereocenters. The fourth-order valence-corrected chi connectivity index (χ4v) is 2.54. The van der Waals surface area contributed by atoms with Crippen molar-refractivity contribution in [2.45, 2.75) is 31.2 Å². The predicted octanol–water partition coefficient (Wildman–Crippen LogP) is 2.68. The molecule has 0 bridgehead atoms. The highest BCUT2D eigenvalue weighted by Crippen LogP contribution is 2.30. The van der Waals surface area contributed by atoms with Gasteiger partial charge in [-0.15, -0.1) is 0 Å². The van der Waals surface area contributed by atoms with Crippen molar-refractivity contribution in [2.24, 2.45) is 0 Å². The van der Waals surface area contributed by atoms with Crippen LogP contribution in [0.5, 0.6) is 0 Å². The lowest BCUT2D eigenvalue weighted by Crippen LogP contribution is -1.99. The van der Waals surface area contributed by atoms with Crippen LogP contribution in [0.15, 0.2) is 27.8 Å². The summed E-state index contributed by atoms with van der Waals surface area (Å²) in [4.78, 5) is 0. The highest BCUT2D eigenvalue weighted by molar-refractivity contribution is 7.98. The van der Waals surface area contributed by atoms with Gasteiger partial charge in [0.15, 0.2) is 0 Å². The summed E-state index contributed by atoms with van der Waals surface area (Å²) in [5.41, 5.74) is 7.65. The Morgan fingerprint density at radius 1 is 1.56 bits per heavy atom. The molecule has 2 heterocycles. The molecule has 0 fully saturated rings. The van der Waals surface area contributed by atoms with E-state index in [2.05, 4.69) is 12.0 Å². The van der Waals surface area contributed by atoms with Gasteiger partial charge >= 0.3 is 0 Å². The van der Waals surface area contributed by atoms with Crippen LogP contribution in [-0.2, 0) is 12.3 Å². The Morgan fingerprint density at radius 2 is 2.38 bits per heavy atom. The molecule has 0 aliphatic rings. The van der Waals surface area contributed by atoms with Crippen molar-refractivity contribution in [1.29, 1.82) is 0 Å². The van der Waals surface area contributed by atoms with E-state index in [0.29, 0.717) is 0 Å². The van der Waals surface area contributed by atoms with Gasteiger partial charge in [0.05, 0.1) is 23.4 Å². The lowest BCUT2D eigenvalue weighted by atomic mass is 10.4. The van der Waals surface area contributed by atoms with Gasteiger partial charge in [-0.25, -0.2) is 0 Å². The fourth-order valence-electron chi connectivity index (χ4n) is 1.47. The van der Waals surface area contributed by atoms with E-state index in [1.807, 2.05) is 23.7 Å². The third-order valence-electron chi connectivity index (χ3n) is 2.36. The maximum atomic E-state index is 5.98. The van der Waals surface area contributed by atoms with Crippen LogP contribution >= 0.6 is 11.8 Å². The average molecular weight is 237 g/mol. The van der Waals surface area contributed by atoms with E-state index in [-0.39, 0.29) is 0 Å². The number of nitrogen functional groups attached to an aromatic ring is 1. The van der Waals surface area contributed by atoms with E-state index in [9.17, 15) is 0 Å². The van der Waals surface area contributed by atoms with Gasteiger partial charge < -0.3 is 10.2 Å². The Bertz CT molecular complexity index is 462. The molecule has 0 unspecified atom stereocenters. The zero-order chi connectivity index (χ0) is 11.5. The number of hydrogen-bond donors (Lipinski definition) is 1. The zero-order valence-corrected chi connectivity index (χ0v) is 10.3. The number of nitrogens with zero attached hydrogens (tertiary/aromatic N) is 2. The first kappa shape index (κ1) is 11.1. The van der Waals surface area contributed by atoms with Crippen LogP contribution < -0.4 is 5.73 Å². The van der Waals surface area contributed by atoms with Gasteiger partial charge in [0.2, 0.25) is 0 Å². The first-order chi connectivity index (χ1) is 7.72. The average Bonchev–Trinajstić information content (AvgIpc) is 2.87. The van der Waals surface area contributed by atoms with E-state index < -0.39 is 0 Å². The summed E-state index contributed by atoms with van der Waals surface area (Å²) in [5, 5.41) is 5.39. The largest absolute Gasteiger partial charge is 0.468 e. The van der Waals surface area contributed by atoms with Crippen molar-refractivity contribution in [3.63, 3.8) is 0 Å². The van der Waals surface area contributed by atoms with E-state index in [4.69, 9.17) is 10.2 Å². The second-order valence-corrected chi connectivity index (χ2v) is 4.45. The van der Waals surface area contributed by atoms with Gasteiger partial charge in [-0.05, 0) is 26.0 Å². The summed E-state index contributed by atoms with van der Waals surface area (Å²) in [6.07, 6.45) is 1.68. The van der Waals surface area contributed by atoms with E-state index >= 15 is 0 Å². The third kappa shape index (κ3) is 2.09. The number of hydrogen-bond acceptors (Lipinski definition) is 4. The predicted molar refractivity (Wildman–Crippen MR) is 65.3 cm³/mol. The second-order valence-electron chi connectivity index (χ2n) is 3.49. The minimum absolute atomic E-state index is 0.776. The molecule has 2 aromatic rings. The van der Waals surface area contributed by atoms with Crippen molar-refractivity contribution in [3.05, 3.63) is 29.9 Å². The smallest absolute Gasteiger partial charge is 0.118 e. The lowest BCUT2D eigenvalue weighted by molar-refractivity contribution is 0.529. The molecule has 16 heavy (non-hydrogen) atoms. The molecule has 0 amide bonds. The van der Waals surface area contributed by atoms with Gasteiger partial charge in [0.1, 0.15) is 10.8 Å². The number of furan rings is 1. The Kier molecular flexibility index (Phi) is 3.24. The molecule has 2 rings (SSSR count). The van der Waals surface area contributed by atoms with E-state index in [1.165, 1.54) is 0 Å². The second kappa shape index (κ2) is 4.65. The molecule has 0 saturated heterocycles. The number of aryl methyl sites for hydroxylation is 2. The number of nitrogens with two attached hydrogens (primary N) is 1. The maximum Gasteiger partial charge on any atom is 0.118 e. The van der Waals surface area contributed by atoms with Crippen LogP contribution in [0, 0.1) is 6.92 Å². The summed E-state index contributed by atoms with van der Waals surface area (Å²) in [7, 11) is 0. The topological polar surface area (TPSA) is 57.0 Å². The first-order valence-electron chi connectivity index (χ1n) is 5.20. The van der Waals surface area contributed by atoms with Gasteiger partial charge in [-0.1, -0.05) is 11.8 Å². The Balaban J connectivity index is 2.14. The number of anilines is 1. The summed E-state index contributed by atoms with van der Waals surface area (Å²) in [6.45, 7) is 4.82. The SMILES string of the molecule is CCn1nc(C)c(N)c1SCc1ccco1. The molecular formula is C11H15N3OS. The van der Waals surface area contributed by atoms with Crippen LogP contribution in [0.3, 0.4) is 0 Å². The van der Waals surface area contributed by atoms with Crippen LogP contribution in [0.1, 0.15) is 18.4 Å². The molecule has 2 aromatic heterocycles. The molecule has 5 heteroatoms. The minimum atomic E-state index is 0.776. The van der Waals surface area contributed by atoms with Gasteiger partial charge in [0, 0.05) is 6.54 Å². The molecule has 0 aliphatic heterocycles. The molecular weight excluding hydrogens is 222 g/mol. The zero-order valence-electron chi connectivity index (χ0n) is 9.43. The van der Waals surface area contributed by atoms with Crippen LogP contribution in [0.2, 0.25) is 0 Å². The summed E-state index contributed by atoms with van der Waals surface area (Å²) >= 11 is 1.66. The summed E-state index contributed by atoms with van der Waals surface area (Å²) < 4.78 is 7.21. The minimum Gasteiger partial charge on any atom is -0.468 e. The number of aromatic nitrogens is 2. The Hall–Kier alpha value is -1.36. The Labute approximate surface area is 98.8 Å². The molecule has 0 aliphatic carbocycles. The fraction of sp³-hybridized carbons (Fsp3) is 0.364. The molecule has 0 aromatic carbocycles. The van der Waals surface area contributed by atoms with Gasteiger partial charge in [-0.2, -0.15) is 5.10 Å². The quantitative estimate of drug-likeness (QED) is 0.831. The molecule has 4 nitrogen and oxygen atoms in total. The van der Waals surface area contributed by atoms with Gasteiger partial charge in [0.25, 0.3) is 0 Å². The molecule has 2 N–H and O–H groups in total. The van der Waals surface area contributed by atoms with Crippen LogP contribution in [-0.4, -0.2) is 9.78 Å². The third-order valence-corrected chi connectivity index (χ3v) is 3.49. The van der Waals surface area contributed by atoms with Gasteiger partial charge in [-0.3, -0.25) is 4.68 Å². The normalized spacial score (nSPS) is 10.9.